The van der Waals surface area contributed by atoms with Gasteiger partial charge in [0.2, 0.25) is 0 Å². The van der Waals surface area contributed by atoms with Gasteiger partial charge in [0.25, 0.3) is 0 Å². The van der Waals surface area contributed by atoms with Crippen LogP contribution in [0.1, 0.15) is 38.8 Å². The third kappa shape index (κ3) is 4.31. The first-order valence-corrected chi connectivity index (χ1v) is 8.47. The number of hydrogen-bond donors (Lipinski definition) is 0. The van der Waals surface area contributed by atoms with Gasteiger partial charge in [-0.15, -0.1) is 0 Å². The Morgan fingerprint density at radius 3 is 2.26 bits per heavy atom. The van der Waals surface area contributed by atoms with Crippen LogP contribution in [0, 0.1) is 13.8 Å². The summed E-state index contributed by atoms with van der Waals surface area (Å²) in [6, 6.07) is 4.47. The van der Waals surface area contributed by atoms with Gasteiger partial charge in [0, 0.05) is 36.4 Å². The Morgan fingerprint density at radius 2 is 1.78 bits per heavy atom. The van der Waals surface area contributed by atoms with Crippen LogP contribution in [0.5, 0.6) is 0 Å². The van der Waals surface area contributed by atoms with Crippen molar-refractivity contribution >= 4 is 23.4 Å². The highest BCUT2D eigenvalue weighted by Gasteiger charge is 2.30. The highest BCUT2D eigenvalue weighted by atomic mass is 35.5. The minimum Gasteiger partial charge on any atom is -0.444 e. The zero-order valence-corrected chi connectivity index (χ0v) is 15.7. The van der Waals surface area contributed by atoms with Crippen molar-refractivity contribution < 1.29 is 9.53 Å². The van der Waals surface area contributed by atoms with Gasteiger partial charge in [-0.1, -0.05) is 11.6 Å². The second-order valence-corrected chi connectivity index (χ2v) is 7.74. The number of aryl methyl sites for hydroxylation is 2. The standard InChI is InChI=1S/C18H27ClN2O2/c1-12-9-15(10-13(2)16(12)19)21-8-7-20(11-14(21)3)17(22)23-18(4,5)6/h9-10,14H,7-8,11H2,1-6H3/t14-/m0/s1. The quantitative estimate of drug-likeness (QED) is 0.760. The fourth-order valence-electron chi connectivity index (χ4n) is 2.92. The fraction of sp³-hybridized carbons (Fsp3) is 0.611. The number of carbonyl (C=O) groups excluding carboxylic acids is 1. The maximum Gasteiger partial charge on any atom is 0.410 e. The molecule has 1 amide bonds. The monoisotopic (exact) mass is 338 g/mol. The summed E-state index contributed by atoms with van der Waals surface area (Å²) in [5.74, 6) is 0. The Hall–Kier alpha value is -1.42. The second-order valence-electron chi connectivity index (χ2n) is 7.36. The Kier molecular flexibility index (Phi) is 5.14. The lowest BCUT2D eigenvalue weighted by Crippen LogP contribution is -2.54. The Labute approximate surface area is 144 Å². The molecule has 0 bridgehead atoms. The number of anilines is 1. The molecule has 2 rings (SSSR count). The summed E-state index contributed by atoms with van der Waals surface area (Å²) < 4.78 is 5.47. The van der Waals surface area contributed by atoms with E-state index in [1.165, 1.54) is 5.69 Å². The molecule has 1 aromatic rings. The Morgan fingerprint density at radius 1 is 1.22 bits per heavy atom. The van der Waals surface area contributed by atoms with Crippen LogP contribution in [0.4, 0.5) is 10.5 Å². The van der Waals surface area contributed by atoms with Crippen molar-refractivity contribution in [2.24, 2.45) is 0 Å². The second kappa shape index (κ2) is 6.60. The van der Waals surface area contributed by atoms with Crippen molar-refractivity contribution in [1.29, 1.82) is 0 Å². The molecule has 1 heterocycles. The normalized spacial score (nSPS) is 19.0. The van der Waals surface area contributed by atoms with Gasteiger partial charge in [0.05, 0.1) is 0 Å². The van der Waals surface area contributed by atoms with Crippen molar-refractivity contribution in [2.75, 3.05) is 24.5 Å². The van der Waals surface area contributed by atoms with Crippen LogP contribution in [-0.4, -0.2) is 42.3 Å². The maximum absolute atomic E-state index is 12.2. The summed E-state index contributed by atoms with van der Waals surface area (Å²) in [6.45, 7) is 14.0. The number of ether oxygens (including phenoxy) is 1. The van der Waals surface area contributed by atoms with E-state index in [1.54, 1.807) is 4.90 Å². The molecule has 1 saturated heterocycles. The van der Waals surface area contributed by atoms with E-state index in [9.17, 15) is 4.79 Å². The molecule has 23 heavy (non-hydrogen) atoms. The average Bonchev–Trinajstić information content (AvgIpc) is 2.42. The molecule has 0 N–H and O–H groups in total. The van der Waals surface area contributed by atoms with Crippen molar-refractivity contribution in [2.45, 2.75) is 53.2 Å². The molecule has 4 nitrogen and oxygen atoms in total. The van der Waals surface area contributed by atoms with Gasteiger partial charge in [-0.3, -0.25) is 0 Å². The molecule has 1 aromatic carbocycles. The maximum atomic E-state index is 12.2. The first-order valence-electron chi connectivity index (χ1n) is 8.10. The lowest BCUT2D eigenvalue weighted by molar-refractivity contribution is 0.0219. The Bertz CT molecular complexity index is 572. The summed E-state index contributed by atoms with van der Waals surface area (Å²) in [5.41, 5.74) is 2.88. The molecule has 0 aliphatic carbocycles. The van der Waals surface area contributed by atoms with E-state index in [4.69, 9.17) is 16.3 Å². The zero-order chi connectivity index (χ0) is 17.4. The van der Waals surface area contributed by atoms with Crippen molar-refractivity contribution in [1.82, 2.24) is 4.90 Å². The fourth-order valence-corrected chi connectivity index (χ4v) is 3.03. The number of nitrogens with zero attached hydrogens (tertiary/aromatic N) is 2. The smallest absolute Gasteiger partial charge is 0.410 e. The summed E-state index contributed by atoms with van der Waals surface area (Å²) in [6.07, 6.45) is -0.229. The minimum atomic E-state index is -0.456. The number of amides is 1. The SMILES string of the molecule is Cc1cc(N2CCN(C(=O)OC(C)(C)C)C[C@@H]2C)cc(C)c1Cl. The van der Waals surface area contributed by atoms with E-state index < -0.39 is 5.60 Å². The van der Waals surface area contributed by atoms with Crippen LogP contribution in [-0.2, 0) is 4.74 Å². The van der Waals surface area contributed by atoms with E-state index in [1.807, 2.05) is 34.6 Å². The van der Waals surface area contributed by atoms with E-state index >= 15 is 0 Å². The van der Waals surface area contributed by atoms with Crippen LogP contribution < -0.4 is 4.90 Å². The van der Waals surface area contributed by atoms with Crippen LogP contribution in [0.2, 0.25) is 5.02 Å². The summed E-state index contributed by atoms with van der Waals surface area (Å²) in [7, 11) is 0. The number of halogens is 1. The highest BCUT2D eigenvalue weighted by molar-refractivity contribution is 6.32. The summed E-state index contributed by atoms with van der Waals surface area (Å²) in [5, 5.41) is 0.828. The number of hydrogen-bond acceptors (Lipinski definition) is 3. The van der Waals surface area contributed by atoms with E-state index in [-0.39, 0.29) is 12.1 Å². The number of piperazine rings is 1. The molecule has 1 aliphatic rings. The van der Waals surface area contributed by atoms with E-state index in [0.29, 0.717) is 13.1 Å². The van der Waals surface area contributed by atoms with Gasteiger partial charge in [-0.05, 0) is 64.8 Å². The predicted molar refractivity (Wildman–Crippen MR) is 95.5 cm³/mol. The molecule has 0 aromatic heterocycles. The van der Waals surface area contributed by atoms with Gasteiger partial charge in [0.1, 0.15) is 5.60 Å². The van der Waals surface area contributed by atoms with Crippen molar-refractivity contribution in [3.05, 3.63) is 28.3 Å². The average molecular weight is 339 g/mol. The molecule has 1 fully saturated rings. The molecular formula is C18H27ClN2O2. The van der Waals surface area contributed by atoms with Crippen molar-refractivity contribution in [3.63, 3.8) is 0 Å². The third-order valence-electron chi connectivity index (χ3n) is 4.03. The zero-order valence-electron chi connectivity index (χ0n) is 14.9. The number of rotatable bonds is 1. The molecule has 1 atom stereocenters. The van der Waals surface area contributed by atoms with Gasteiger partial charge in [-0.2, -0.15) is 0 Å². The first kappa shape index (κ1) is 17.9. The van der Waals surface area contributed by atoms with Gasteiger partial charge in [0.15, 0.2) is 0 Å². The predicted octanol–water partition coefficient (Wildman–Crippen LogP) is 4.40. The molecule has 0 spiro atoms. The molecule has 0 saturated carbocycles. The van der Waals surface area contributed by atoms with Crippen LogP contribution >= 0.6 is 11.6 Å². The summed E-state index contributed by atoms with van der Waals surface area (Å²) in [4.78, 5) is 16.3. The topological polar surface area (TPSA) is 32.8 Å². The minimum absolute atomic E-state index is 0.229. The molecule has 1 aliphatic heterocycles. The first-order chi connectivity index (χ1) is 10.6. The van der Waals surface area contributed by atoms with Crippen molar-refractivity contribution in [3.8, 4) is 0 Å². The van der Waals surface area contributed by atoms with Crippen LogP contribution in [0.15, 0.2) is 12.1 Å². The molecule has 0 unspecified atom stereocenters. The van der Waals surface area contributed by atoms with Crippen LogP contribution in [0.25, 0.3) is 0 Å². The number of benzene rings is 1. The molecular weight excluding hydrogens is 312 g/mol. The molecule has 5 heteroatoms. The number of carbonyl (C=O) groups is 1. The lowest BCUT2D eigenvalue weighted by Gasteiger charge is -2.41. The van der Waals surface area contributed by atoms with Gasteiger partial charge in [-0.25, -0.2) is 4.79 Å². The van der Waals surface area contributed by atoms with Gasteiger partial charge >= 0.3 is 6.09 Å². The largest absolute Gasteiger partial charge is 0.444 e. The molecule has 128 valence electrons. The molecule has 0 radical (unpaired) electrons. The van der Waals surface area contributed by atoms with E-state index in [0.717, 1.165) is 22.7 Å². The van der Waals surface area contributed by atoms with Crippen LogP contribution in [0.3, 0.4) is 0 Å². The summed E-state index contributed by atoms with van der Waals surface area (Å²) >= 11 is 6.26. The Balaban J connectivity index is 2.09. The van der Waals surface area contributed by atoms with E-state index in [2.05, 4.69) is 24.0 Å². The van der Waals surface area contributed by atoms with Gasteiger partial charge < -0.3 is 14.5 Å². The lowest BCUT2D eigenvalue weighted by atomic mass is 10.1. The highest BCUT2D eigenvalue weighted by Crippen LogP contribution is 2.29. The third-order valence-corrected chi connectivity index (χ3v) is 4.63.